The SMILES string of the molecule is CCc1nc(S(=O)(=O)N2CC(CCC(=O)O)Oc3ccc(NC(=O)OC(C)(C)C(F)(F)F)cc32)c(OCC(F)(F)F)s1. The zero-order valence-corrected chi connectivity index (χ0v) is 23.8. The van der Waals surface area contributed by atoms with Crippen molar-refractivity contribution in [3.05, 3.63) is 23.2 Å². The van der Waals surface area contributed by atoms with Gasteiger partial charge in [-0.15, -0.1) is 0 Å². The van der Waals surface area contributed by atoms with E-state index in [1.54, 1.807) is 6.92 Å². The summed E-state index contributed by atoms with van der Waals surface area (Å²) in [6, 6.07) is 3.38. The van der Waals surface area contributed by atoms with Gasteiger partial charge in [-0.2, -0.15) is 34.8 Å². The van der Waals surface area contributed by atoms with Crippen molar-refractivity contribution in [3.63, 3.8) is 0 Å². The Morgan fingerprint density at radius 3 is 2.45 bits per heavy atom. The number of fused-ring (bicyclic) bond motifs is 1. The molecule has 1 aromatic heterocycles. The number of sulfonamides is 1. The minimum absolute atomic E-state index is 0.126. The Balaban J connectivity index is 2.03. The summed E-state index contributed by atoms with van der Waals surface area (Å²) in [7, 11) is -4.81. The average Bonchev–Trinajstić information content (AvgIpc) is 3.29. The van der Waals surface area contributed by atoms with E-state index in [4.69, 9.17) is 14.6 Å². The number of aliphatic carboxylic acids is 1. The molecule has 2 aromatic rings. The lowest BCUT2D eigenvalue weighted by atomic mass is 10.1. The summed E-state index contributed by atoms with van der Waals surface area (Å²) in [5, 5.41) is 9.81. The van der Waals surface area contributed by atoms with E-state index in [1.807, 2.05) is 0 Å². The third-order valence-corrected chi connectivity index (χ3v) is 8.60. The fraction of sp³-hybridized carbons (Fsp3) is 0.522. The smallest absolute Gasteiger partial charge is 0.427 e. The third kappa shape index (κ3) is 7.87. The normalized spacial score (nSPS) is 15.9. The highest BCUT2D eigenvalue weighted by Crippen LogP contribution is 2.42. The van der Waals surface area contributed by atoms with Crippen molar-refractivity contribution in [2.45, 2.75) is 69.1 Å². The third-order valence-electron chi connectivity index (χ3n) is 5.66. The first-order chi connectivity index (χ1) is 19.2. The molecule has 0 fully saturated rings. The van der Waals surface area contributed by atoms with Crippen LogP contribution in [0.4, 0.5) is 42.5 Å². The number of amides is 1. The van der Waals surface area contributed by atoms with Gasteiger partial charge in [0.2, 0.25) is 15.7 Å². The van der Waals surface area contributed by atoms with Crippen molar-refractivity contribution in [2.24, 2.45) is 0 Å². The number of carboxylic acid groups (broad SMARTS) is 1. The van der Waals surface area contributed by atoms with E-state index in [2.05, 4.69) is 15.0 Å². The number of ether oxygens (including phenoxy) is 3. The number of carbonyl (C=O) groups is 2. The molecule has 19 heteroatoms. The minimum atomic E-state index is -4.90. The monoisotopic (exact) mass is 649 g/mol. The van der Waals surface area contributed by atoms with Crippen molar-refractivity contribution in [3.8, 4) is 10.8 Å². The van der Waals surface area contributed by atoms with Crippen LogP contribution in [0.3, 0.4) is 0 Å². The Hall–Kier alpha value is -3.48. The Kier molecular flexibility index (Phi) is 9.45. The Morgan fingerprint density at radius 2 is 1.88 bits per heavy atom. The first-order valence-electron chi connectivity index (χ1n) is 12.0. The van der Waals surface area contributed by atoms with E-state index in [1.165, 1.54) is 12.1 Å². The summed E-state index contributed by atoms with van der Waals surface area (Å²) in [5.74, 6) is -1.33. The molecule has 11 nitrogen and oxygen atoms in total. The van der Waals surface area contributed by atoms with Crippen LogP contribution in [-0.4, -0.2) is 67.8 Å². The molecule has 0 saturated heterocycles. The number of hydrogen-bond acceptors (Lipinski definition) is 9. The number of benzene rings is 1. The first-order valence-corrected chi connectivity index (χ1v) is 14.3. The number of rotatable bonds is 10. The van der Waals surface area contributed by atoms with Crippen molar-refractivity contribution in [1.82, 2.24) is 4.98 Å². The summed E-state index contributed by atoms with van der Waals surface area (Å²) in [6.45, 7) is 0.513. The van der Waals surface area contributed by atoms with Gasteiger partial charge in [-0.3, -0.25) is 14.4 Å². The van der Waals surface area contributed by atoms with Gasteiger partial charge in [0, 0.05) is 12.1 Å². The van der Waals surface area contributed by atoms with Crippen LogP contribution in [0.25, 0.3) is 0 Å². The van der Waals surface area contributed by atoms with Crippen LogP contribution >= 0.6 is 11.3 Å². The molecule has 3 rings (SSSR count). The van der Waals surface area contributed by atoms with Crippen LogP contribution in [0.15, 0.2) is 23.2 Å². The number of nitrogens with one attached hydrogen (secondary N) is 1. The second-order valence-electron chi connectivity index (χ2n) is 9.37. The number of hydrogen-bond donors (Lipinski definition) is 2. The topological polar surface area (TPSA) is 144 Å². The molecule has 1 amide bonds. The van der Waals surface area contributed by atoms with Crippen molar-refractivity contribution < 1.29 is 63.7 Å². The predicted molar refractivity (Wildman–Crippen MR) is 136 cm³/mol. The number of thiazole rings is 1. The molecule has 1 unspecified atom stereocenters. The van der Waals surface area contributed by atoms with Gasteiger partial charge >= 0.3 is 24.4 Å². The van der Waals surface area contributed by atoms with E-state index >= 15 is 0 Å². The lowest BCUT2D eigenvalue weighted by Gasteiger charge is -2.35. The highest BCUT2D eigenvalue weighted by molar-refractivity contribution is 7.93. The molecule has 0 bridgehead atoms. The average molecular weight is 650 g/mol. The quantitative estimate of drug-likeness (QED) is 0.325. The van der Waals surface area contributed by atoms with Crippen LogP contribution in [0.1, 0.15) is 38.6 Å². The second-order valence-corrected chi connectivity index (χ2v) is 12.2. The van der Waals surface area contributed by atoms with E-state index in [9.17, 15) is 44.3 Å². The van der Waals surface area contributed by atoms with Gasteiger partial charge in [-0.1, -0.05) is 18.3 Å². The van der Waals surface area contributed by atoms with Crippen LogP contribution in [0.2, 0.25) is 0 Å². The van der Waals surface area contributed by atoms with Gasteiger partial charge in [-0.25, -0.2) is 9.78 Å². The molecular weight excluding hydrogens is 624 g/mol. The van der Waals surface area contributed by atoms with Crippen molar-refractivity contribution >= 4 is 44.8 Å². The molecule has 0 radical (unpaired) electrons. The fourth-order valence-corrected chi connectivity index (χ4v) is 6.19. The predicted octanol–water partition coefficient (Wildman–Crippen LogP) is 5.36. The molecule has 234 valence electrons. The molecule has 42 heavy (non-hydrogen) atoms. The molecule has 1 aliphatic heterocycles. The minimum Gasteiger partial charge on any atom is -0.486 e. The van der Waals surface area contributed by atoms with Gasteiger partial charge in [0.1, 0.15) is 11.9 Å². The van der Waals surface area contributed by atoms with Crippen molar-refractivity contribution in [2.75, 3.05) is 22.8 Å². The van der Waals surface area contributed by atoms with Crippen molar-refractivity contribution in [1.29, 1.82) is 0 Å². The van der Waals surface area contributed by atoms with Gasteiger partial charge in [0.15, 0.2) is 6.61 Å². The van der Waals surface area contributed by atoms with Crippen LogP contribution < -0.4 is 19.1 Å². The Bertz CT molecular complexity index is 1430. The molecule has 1 aromatic carbocycles. The number of halogens is 6. The Labute approximate surface area is 239 Å². The summed E-state index contributed by atoms with van der Waals surface area (Å²) in [4.78, 5) is 27.3. The summed E-state index contributed by atoms with van der Waals surface area (Å²) >= 11 is 0.593. The zero-order chi connectivity index (χ0) is 31.7. The number of anilines is 2. The van der Waals surface area contributed by atoms with E-state index < -0.39 is 75.8 Å². The maximum atomic E-state index is 13.8. The van der Waals surface area contributed by atoms with E-state index in [0.717, 1.165) is 6.07 Å². The molecule has 0 saturated carbocycles. The number of carbonyl (C=O) groups excluding carboxylic acids is 1. The molecule has 0 aliphatic carbocycles. The van der Waals surface area contributed by atoms with E-state index in [-0.39, 0.29) is 35.0 Å². The number of aryl methyl sites for hydroxylation is 1. The van der Waals surface area contributed by atoms with Crippen LogP contribution in [0.5, 0.6) is 10.8 Å². The number of alkyl halides is 6. The first kappa shape index (κ1) is 33.0. The summed E-state index contributed by atoms with van der Waals surface area (Å²) < 4.78 is 121. The number of carboxylic acids is 1. The van der Waals surface area contributed by atoms with Crippen LogP contribution in [-0.2, 0) is 26.0 Å². The van der Waals surface area contributed by atoms with Gasteiger partial charge < -0.3 is 19.3 Å². The molecule has 1 aliphatic rings. The molecule has 0 spiro atoms. The zero-order valence-electron chi connectivity index (χ0n) is 22.1. The Morgan fingerprint density at radius 1 is 1.21 bits per heavy atom. The van der Waals surface area contributed by atoms with Crippen LogP contribution in [0, 0.1) is 0 Å². The van der Waals surface area contributed by atoms with Gasteiger partial charge in [-0.05, 0) is 44.9 Å². The van der Waals surface area contributed by atoms with Gasteiger partial charge in [0.05, 0.1) is 17.2 Å². The molecular formula is C23H25F6N3O8S2. The lowest BCUT2D eigenvalue weighted by molar-refractivity contribution is -0.242. The fourth-order valence-electron chi connectivity index (χ4n) is 3.47. The standard InChI is InChI=1S/C23H25F6N3O8S2/c1-4-16-31-18(19(41-16)38-11-22(24,25)26)42(36,37)32-10-13(6-8-17(33)34)39-15-7-5-12(9-14(15)32)30-20(35)40-21(2,3)23(27,28)29/h5,7,9,13H,4,6,8,10-11H2,1-3H3,(H,30,35)(H,33,34). The lowest BCUT2D eigenvalue weighted by Crippen LogP contribution is -2.44. The molecule has 1 atom stereocenters. The highest BCUT2D eigenvalue weighted by Gasteiger charge is 2.51. The number of aromatic nitrogens is 1. The summed E-state index contributed by atoms with van der Waals surface area (Å²) in [5.41, 5.74) is -3.34. The molecule has 2 heterocycles. The maximum absolute atomic E-state index is 13.8. The second kappa shape index (κ2) is 12.0. The summed E-state index contributed by atoms with van der Waals surface area (Å²) in [6.07, 6.45) is -12.6. The molecule has 2 N–H and O–H groups in total. The number of nitrogens with zero attached hydrogens (tertiary/aromatic N) is 2. The van der Waals surface area contributed by atoms with Gasteiger partial charge in [0.25, 0.3) is 10.0 Å². The van der Waals surface area contributed by atoms with E-state index in [0.29, 0.717) is 29.5 Å². The highest BCUT2D eigenvalue weighted by atomic mass is 32.2. The maximum Gasteiger partial charge on any atom is 0.427 e. The largest absolute Gasteiger partial charge is 0.486 e.